The number of carbonyl (C=O) groups is 1. The summed E-state index contributed by atoms with van der Waals surface area (Å²) in [5, 5.41) is 8.17. The van der Waals surface area contributed by atoms with Gasteiger partial charge in [-0.05, 0) is 63.2 Å². The highest BCUT2D eigenvalue weighted by Crippen LogP contribution is 2.27. The lowest BCUT2D eigenvalue weighted by Crippen LogP contribution is -2.41. The number of hydrogen-bond acceptors (Lipinski definition) is 4. The lowest BCUT2D eigenvalue weighted by atomic mass is 10.2. The summed E-state index contributed by atoms with van der Waals surface area (Å²) in [6.07, 6.45) is 4.09. The van der Waals surface area contributed by atoms with Gasteiger partial charge in [0.2, 0.25) is 0 Å². The summed E-state index contributed by atoms with van der Waals surface area (Å²) >= 11 is 6.00. The Kier molecular flexibility index (Phi) is 5.24. The number of carbonyl (C=O) groups excluding carboxylic acids is 1. The van der Waals surface area contributed by atoms with Crippen LogP contribution in [0.4, 0.5) is 0 Å². The van der Waals surface area contributed by atoms with Gasteiger partial charge >= 0.3 is 0 Å². The van der Waals surface area contributed by atoms with Gasteiger partial charge in [-0.15, -0.1) is 0 Å². The number of furan rings is 1. The smallest absolute Gasteiger partial charge is 0.271 e. The minimum Gasteiger partial charge on any atom is -0.463 e. The first kappa shape index (κ1) is 18.8. The van der Waals surface area contributed by atoms with Crippen molar-refractivity contribution in [2.45, 2.75) is 31.8 Å². The van der Waals surface area contributed by atoms with Crippen molar-refractivity contribution in [3.63, 3.8) is 0 Å². The molecule has 1 fully saturated rings. The van der Waals surface area contributed by atoms with E-state index in [1.807, 2.05) is 24.3 Å². The van der Waals surface area contributed by atoms with Crippen molar-refractivity contribution < 1.29 is 9.21 Å². The number of aromatic nitrogens is 2. The third kappa shape index (κ3) is 3.98. The normalized spacial score (nSPS) is 15.0. The van der Waals surface area contributed by atoms with Crippen molar-refractivity contribution in [3.8, 4) is 17.1 Å². The molecule has 0 aliphatic heterocycles. The van der Waals surface area contributed by atoms with E-state index in [9.17, 15) is 4.79 Å². The fraction of sp³-hybridized carbons (Fsp3) is 0.333. The first-order chi connectivity index (χ1) is 13.5. The third-order valence-electron chi connectivity index (χ3n) is 5.16. The molecular weight excluding hydrogens is 376 g/mol. The van der Waals surface area contributed by atoms with E-state index in [1.165, 1.54) is 12.8 Å². The fourth-order valence-corrected chi connectivity index (χ4v) is 3.31. The van der Waals surface area contributed by atoms with Crippen LogP contribution in [0.3, 0.4) is 0 Å². The Balaban J connectivity index is 1.56. The molecule has 1 atom stereocenters. The van der Waals surface area contributed by atoms with Crippen LogP contribution in [-0.4, -0.2) is 46.3 Å². The quantitative estimate of drug-likeness (QED) is 0.653. The average molecular weight is 399 g/mol. The van der Waals surface area contributed by atoms with Crippen molar-refractivity contribution >= 4 is 17.5 Å². The standard InChI is InChI=1S/C21H23ClN4O2/c1-14(25(2)16-9-10-16)13-23-21(27)18-12-19(20-4-3-11-28-20)26(24-18)17-7-5-15(22)6-8-17/h3-8,11-12,14,16H,9-10,13H2,1-2H3,(H,23,27). The second-order valence-electron chi connectivity index (χ2n) is 7.24. The van der Waals surface area contributed by atoms with E-state index < -0.39 is 0 Å². The summed E-state index contributed by atoms with van der Waals surface area (Å²) in [6.45, 7) is 2.70. The molecule has 0 bridgehead atoms. The molecule has 28 heavy (non-hydrogen) atoms. The Hall–Kier alpha value is -2.57. The SMILES string of the molecule is CC(CNC(=O)c1cc(-c2ccco2)n(-c2ccc(Cl)cc2)n1)N(C)C1CC1. The largest absolute Gasteiger partial charge is 0.463 e. The van der Waals surface area contributed by atoms with Gasteiger partial charge in [-0.2, -0.15) is 5.10 Å². The van der Waals surface area contributed by atoms with Crippen LogP contribution in [0.5, 0.6) is 0 Å². The van der Waals surface area contributed by atoms with Crippen LogP contribution in [0.15, 0.2) is 53.1 Å². The zero-order valence-electron chi connectivity index (χ0n) is 15.9. The third-order valence-corrected chi connectivity index (χ3v) is 5.41. The van der Waals surface area contributed by atoms with Crippen molar-refractivity contribution in [1.82, 2.24) is 20.0 Å². The van der Waals surface area contributed by atoms with Gasteiger partial charge in [0.15, 0.2) is 11.5 Å². The molecular formula is C21H23ClN4O2. The van der Waals surface area contributed by atoms with E-state index in [1.54, 1.807) is 29.1 Å². The highest BCUT2D eigenvalue weighted by molar-refractivity contribution is 6.30. The first-order valence-corrected chi connectivity index (χ1v) is 9.81. The molecule has 2 aromatic heterocycles. The molecule has 0 spiro atoms. The predicted molar refractivity (Wildman–Crippen MR) is 109 cm³/mol. The van der Waals surface area contributed by atoms with E-state index in [0.717, 1.165) is 5.69 Å². The van der Waals surface area contributed by atoms with Crippen LogP contribution >= 0.6 is 11.6 Å². The van der Waals surface area contributed by atoms with E-state index in [2.05, 4.69) is 29.3 Å². The maximum Gasteiger partial charge on any atom is 0.271 e. The van der Waals surface area contributed by atoms with Gasteiger partial charge in [-0.1, -0.05) is 11.6 Å². The Morgan fingerprint density at radius 1 is 1.36 bits per heavy atom. The molecule has 1 aliphatic carbocycles. The lowest BCUT2D eigenvalue weighted by Gasteiger charge is -2.24. The van der Waals surface area contributed by atoms with Gasteiger partial charge in [0.1, 0.15) is 5.69 Å². The lowest BCUT2D eigenvalue weighted by molar-refractivity contribution is 0.0934. The van der Waals surface area contributed by atoms with E-state index in [0.29, 0.717) is 34.8 Å². The molecule has 2 heterocycles. The molecule has 3 aromatic rings. The fourth-order valence-electron chi connectivity index (χ4n) is 3.19. The molecule has 146 valence electrons. The molecule has 1 N–H and O–H groups in total. The second-order valence-corrected chi connectivity index (χ2v) is 7.67. The zero-order chi connectivity index (χ0) is 19.7. The Labute approximate surface area is 169 Å². The Morgan fingerprint density at radius 2 is 2.11 bits per heavy atom. The topological polar surface area (TPSA) is 63.3 Å². The van der Waals surface area contributed by atoms with Gasteiger partial charge in [-0.25, -0.2) is 4.68 Å². The molecule has 0 saturated heterocycles. The van der Waals surface area contributed by atoms with Crippen molar-refractivity contribution in [3.05, 3.63) is 59.4 Å². The minimum absolute atomic E-state index is 0.198. The molecule has 1 unspecified atom stereocenters. The Morgan fingerprint density at radius 3 is 2.75 bits per heavy atom. The zero-order valence-corrected chi connectivity index (χ0v) is 16.7. The van der Waals surface area contributed by atoms with Crippen molar-refractivity contribution in [2.75, 3.05) is 13.6 Å². The maximum atomic E-state index is 12.7. The first-order valence-electron chi connectivity index (χ1n) is 9.43. The second kappa shape index (κ2) is 7.81. The van der Waals surface area contributed by atoms with Crippen LogP contribution in [0.25, 0.3) is 17.1 Å². The van der Waals surface area contributed by atoms with E-state index in [-0.39, 0.29) is 11.9 Å². The van der Waals surface area contributed by atoms with E-state index in [4.69, 9.17) is 16.0 Å². The number of likely N-dealkylation sites (N-methyl/N-ethyl adjacent to an activating group) is 1. The number of halogens is 1. The highest BCUT2D eigenvalue weighted by atomic mass is 35.5. The molecule has 1 saturated carbocycles. The highest BCUT2D eigenvalue weighted by Gasteiger charge is 2.29. The number of nitrogens with one attached hydrogen (secondary N) is 1. The Bertz CT molecular complexity index is 945. The number of nitrogens with zero attached hydrogens (tertiary/aromatic N) is 3. The van der Waals surface area contributed by atoms with Crippen molar-refractivity contribution in [1.29, 1.82) is 0 Å². The van der Waals surface area contributed by atoms with Crippen LogP contribution in [0.1, 0.15) is 30.3 Å². The summed E-state index contributed by atoms with van der Waals surface area (Å²) in [6, 6.07) is 13.6. The van der Waals surface area contributed by atoms with Crippen LogP contribution in [0, 0.1) is 0 Å². The summed E-state index contributed by atoms with van der Waals surface area (Å²) in [5.74, 6) is 0.444. The van der Waals surface area contributed by atoms with Crippen LogP contribution in [-0.2, 0) is 0 Å². The van der Waals surface area contributed by atoms with Crippen LogP contribution in [0.2, 0.25) is 5.02 Å². The van der Waals surface area contributed by atoms with Gasteiger partial charge in [0.25, 0.3) is 5.91 Å². The predicted octanol–water partition coefficient (Wildman–Crippen LogP) is 4.00. The summed E-state index contributed by atoms with van der Waals surface area (Å²) in [4.78, 5) is 15.0. The number of amides is 1. The maximum absolute atomic E-state index is 12.7. The monoisotopic (exact) mass is 398 g/mol. The minimum atomic E-state index is -0.198. The molecule has 1 aromatic carbocycles. The molecule has 6 nitrogen and oxygen atoms in total. The number of hydrogen-bond donors (Lipinski definition) is 1. The molecule has 4 rings (SSSR count). The summed E-state index contributed by atoms with van der Waals surface area (Å²) in [7, 11) is 2.11. The average Bonchev–Trinajstić information content (AvgIpc) is 3.22. The van der Waals surface area contributed by atoms with Gasteiger partial charge in [0.05, 0.1) is 12.0 Å². The molecule has 0 radical (unpaired) electrons. The van der Waals surface area contributed by atoms with Gasteiger partial charge < -0.3 is 9.73 Å². The van der Waals surface area contributed by atoms with E-state index >= 15 is 0 Å². The summed E-state index contributed by atoms with van der Waals surface area (Å²) < 4.78 is 7.23. The van der Waals surface area contributed by atoms with Crippen LogP contribution < -0.4 is 5.32 Å². The summed E-state index contributed by atoms with van der Waals surface area (Å²) in [5.41, 5.74) is 1.86. The number of benzene rings is 1. The molecule has 1 amide bonds. The van der Waals surface area contributed by atoms with Gasteiger partial charge in [0, 0.05) is 29.7 Å². The molecule has 1 aliphatic rings. The van der Waals surface area contributed by atoms with Gasteiger partial charge in [-0.3, -0.25) is 9.69 Å². The molecule has 7 heteroatoms. The number of rotatable bonds is 7. The van der Waals surface area contributed by atoms with Crippen molar-refractivity contribution in [2.24, 2.45) is 0 Å².